The molecule has 1 aromatic carbocycles. The molecule has 0 radical (unpaired) electrons. The van der Waals surface area contributed by atoms with Crippen LogP contribution in [0.1, 0.15) is 18.6 Å². The molecule has 0 saturated heterocycles. The molecule has 15 heavy (non-hydrogen) atoms. The van der Waals surface area contributed by atoms with Crippen molar-refractivity contribution >= 4 is 5.97 Å². The summed E-state index contributed by atoms with van der Waals surface area (Å²) in [6.07, 6.45) is -0.500. The van der Waals surface area contributed by atoms with E-state index in [2.05, 4.69) is 10.0 Å². The second-order valence-electron chi connectivity index (χ2n) is 2.92. The molecule has 0 aliphatic carbocycles. The molecule has 0 amide bonds. The molecule has 0 aliphatic heterocycles. The van der Waals surface area contributed by atoms with E-state index in [0.717, 1.165) is 5.56 Å². The van der Waals surface area contributed by atoms with Gasteiger partial charge in [-0.15, -0.1) is 0 Å². The molecule has 0 aromatic heterocycles. The summed E-state index contributed by atoms with van der Waals surface area (Å²) < 4.78 is 5.03. The van der Waals surface area contributed by atoms with Crippen molar-refractivity contribution in [3.8, 4) is 0 Å². The summed E-state index contributed by atoms with van der Waals surface area (Å²) in [4.78, 5) is 13.5. The maximum Gasteiger partial charge on any atom is 0.303 e. The van der Waals surface area contributed by atoms with Gasteiger partial charge in [0.1, 0.15) is 6.10 Å². The molecule has 0 bridgehead atoms. The summed E-state index contributed by atoms with van der Waals surface area (Å²) in [6, 6.07) is 9.17. The molecular formula is C10H11N3O2. The van der Waals surface area contributed by atoms with Gasteiger partial charge in [0.05, 0.1) is 6.54 Å². The molecule has 0 saturated carbocycles. The smallest absolute Gasteiger partial charge is 0.303 e. The zero-order chi connectivity index (χ0) is 11.1. The first-order chi connectivity index (χ1) is 7.24. The first-order valence-corrected chi connectivity index (χ1v) is 4.47. The van der Waals surface area contributed by atoms with Gasteiger partial charge in [-0.3, -0.25) is 4.79 Å². The van der Waals surface area contributed by atoms with Crippen LogP contribution in [0.25, 0.3) is 10.4 Å². The highest BCUT2D eigenvalue weighted by molar-refractivity contribution is 5.66. The molecule has 1 rings (SSSR count). The lowest BCUT2D eigenvalue weighted by Crippen LogP contribution is -2.11. The van der Waals surface area contributed by atoms with Crippen molar-refractivity contribution in [2.24, 2.45) is 5.11 Å². The highest BCUT2D eigenvalue weighted by atomic mass is 16.5. The Bertz CT molecular complexity index is 368. The Morgan fingerprint density at radius 1 is 1.53 bits per heavy atom. The van der Waals surface area contributed by atoms with Gasteiger partial charge in [-0.05, 0) is 11.1 Å². The molecule has 0 N–H and O–H groups in total. The fourth-order valence-corrected chi connectivity index (χ4v) is 1.19. The van der Waals surface area contributed by atoms with Crippen molar-refractivity contribution in [3.63, 3.8) is 0 Å². The fourth-order valence-electron chi connectivity index (χ4n) is 1.19. The van der Waals surface area contributed by atoms with E-state index in [-0.39, 0.29) is 6.54 Å². The number of azide groups is 1. The fraction of sp³-hybridized carbons (Fsp3) is 0.300. The van der Waals surface area contributed by atoms with E-state index in [1.54, 1.807) is 0 Å². The second kappa shape index (κ2) is 5.67. The average Bonchev–Trinajstić information content (AvgIpc) is 2.25. The van der Waals surface area contributed by atoms with Gasteiger partial charge >= 0.3 is 5.97 Å². The number of hydrogen-bond donors (Lipinski definition) is 0. The Kier molecular flexibility index (Phi) is 4.19. The Hall–Kier alpha value is -2.00. The number of carbonyl (C=O) groups excluding carboxylic acids is 1. The van der Waals surface area contributed by atoms with Crippen LogP contribution in [0.5, 0.6) is 0 Å². The first-order valence-electron chi connectivity index (χ1n) is 4.47. The Morgan fingerprint density at radius 2 is 2.20 bits per heavy atom. The van der Waals surface area contributed by atoms with Crippen LogP contribution in [0.15, 0.2) is 35.4 Å². The number of carbonyl (C=O) groups is 1. The van der Waals surface area contributed by atoms with Crippen LogP contribution in [0.3, 0.4) is 0 Å². The number of esters is 1. The largest absolute Gasteiger partial charge is 0.458 e. The minimum absolute atomic E-state index is 0.111. The lowest BCUT2D eigenvalue weighted by molar-refractivity contribution is -0.146. The van der Waals surface area contributed by atoms with Crippen LogP contribution >= 0.6 is 0 Å². The molecule has 78 valence electrons. The zero-order valence-corrected chi connectivity index (χ0v) is 8.33. The predicted molar refractivity (Wildman–Crippen MR) is 55.0 cm³/mol. The van der Waals surface area contributed by atoms with Crippen LogP contribution in [-0.2, 0) is 9.53 Å². The quantitative estimate of drug-likeness (QED) is 0.328. The van der Waals surface area contributed by atoms with Gasteiger partial charge in [0.25, 0.3) is 0 Å². The van der Waals surface area contributed by atoms with Crippen LogP contribution in [0, 0.1) is 0 Å². The van der Waals surface area contributed by atoms with Crippen LogP contribution in [0.2, 0.25) is 0 Å². The van der Waals surface area contributed by atoms with E-state index in [1.807, 2.05) is 30.3 Å². The average molecular weight is 205 g/mol. The molecule has 1 atom stereocenters. The summed E-state index contributed by atoms with van der Waals surface area (Å²) in [6.45, 7) is 1.44. The predicted octanol–water partition coefficient (Wildman–Crippen LogP) is 2.60. The van der Waals surface area contributed by atoms with E-state index in [0.29, 0.717) is 0 Å². The minimum Gasteiger partial charge on any atom is -0.458 e. The third kappa shape index (κ3) is 3.70. The van der Waals surface area contributed by atoms with Gasteiger partial charge in [0.2, 0.25) is 0 Å². The maximum absolute atomic E-state index is 10.8. The molecule has 0 aliphatic rings. The Morgan fingerprint density at radius 3 is 2.73 bits per heavy atom. The van der Waals surface area contributed by atoms with Crippen molar-refractivity contribution < 1.29 is 9.53 Å². The molecule has 0 fully saturated rings. The number of rotatable bonds is 4. The number of hydrogen-bond acceptors (Lipinski definition) is 3. The lowest BCUT2D eigenvalue weighted by Gasteiger charge is -2.14. The minimum atomic E-state index is -0.500. The lowest BCUT2D eigenvalue weighted by atomic mass is 10.1. The Labute approximate surface area is 87.3 Å². The molecular weight excluding hydrogens is 194 g/mol. The SMILES string of the molecule is CC(=O)OC(CN=[N+]=[N-])c1ccccc1. The summed E-state index contributed by atoms with van der Waals surface area (Å²) in [5.74, 6) is -0.392. The summed E-state index contributed by atoms with van der Waals surface area (Å²) in [5, 5.41) is 3.40. The van der Waals surface area contributed by atoms with Crippen LogP contribution in [-0.4, -0.2) is 12.5 Å². The molecule has 5 heteroatoms. The maximum atomic E-state index is 10.8. The normalized spacial score (nSPS) is 11.3. The van der Waals surface area contributed by atoms with Crippen LogP contribution in [0.4, 0.5) is 0 Å². The van der Waals surface area contributed by atoms with Gasteiger partial charge < -0.3 is 4.74 Å². The number of nitrogens with zero attached hydrogens (tertiary/aromatic N) is 3. The van der Waals surface area contributed by atoms with Crippen LogP contribution < -0.4 is 0 Å². The van der Waals surface area contributed by atoms with E-state index < -0.39 is 12.1 Å². The van der Waals surface area contributed by atoms with Gasteiger partial charge in [-0.2, -0.15) is 0 Å². The monoisotopic (exact) mass is 205 g/mol. The number of ether oxygens (including phenoxy) is 1. The molecule has 5 nitrogen and oxygen atoms in total. The van der Waals surface area contributed by atoms with Crippen molar-refractivity contribution in [2.75, 3.05) is 6.54 Å². The summed E-state index contributed by atoms with van der Waals surface area (Å²) in [5.41, 5.74) is 9.03. The van der Waals surface area contributed by atoms with Gasteiger partial charge in [0, 0.05) is 11.8 Å². The van der Waals surface area contributed by atoms with E-state index in [1.165, 1.54) is 6.92 Å². The van der Waals surface area contributed by atoms with Crippen molar-refractivity contribution in [1.82, 2.24) is 0 Å². The van der Waals surface area contributed by atoms with Gasteiger partial charge in [0.15, 0.2) is 0 Å². The Balaban J connectivity index is 2.80. The van der Waals surface area contributed by atoms with Gasteiger partial charge in [-0.1, -0.05) is 35.4 Å². The van der Waals surface area contributed by atoms with Crippen molar-refractivity contribution in [1.29, 1.82) is 0 Å². The summed E-state index contributed by atoms with van der Waals surface area (Å²) >= 11 is 0. The molecule has 1 aromatic rings. The van der Waals surface area contributed by atoms with E-state index in [4.69, 9.17) is 10.3 Å². The molecule has 0 spiro atoms. The van der Waals surface area contributed by atoms with Crippen molar-refractivity contribution in [3.05, 3.63) is 46.3 Å². The van der Waals surface area contributed by atoms with E-state index in [9.17, 15) is 4.79 Å². The van der Waals surface area contributed by atoms with Gasteiger partial charge in [-0.25, -0.2) is 0 Å². The number of benzene rings is 1. The van der Waals surface area contributed by atoms with Crippen molar-refractivity contribution in [2.45, 2.75) is 13.0 Å². The zero-order valence-electron chi connectivity index (χ0n) is 8.33. The highest BCUT2D eigenvalue weighted by Gasteiger charge is 2.12. The molecule has 1 unspecified atom stereocenters. The first kappa shape index (κ1) is 11.1. The second-order valence-corrected chi connectivity index (χ2v) is 2.92. The third-order valence-corrected chi connectivity index (χ3v) is 1.79. The van der Waals surface area contributed by atoms with E-state index >= 15 is 0 Å². The summed E-state index contributed by atoms with van der Waals surface area (Å²) in [7, 11) is 0. The third-order valence-electron chi connectivity index (χ3n) is 1.79. The molecule has 0 heterocycles. The highest BCUT2D eigenvalue weighted by Crippen LogP contribution is 2.17. The standard InChI is InChI=1S/C10H11N3O2/c1-8(14)15-10(7-12-13-11)9-5-3-2-4-6-9/h2-6,10H,7H2,1H3. The topological polar surface area (TPSA) is 75.1 Å².